The molecule has 0 amide bonds. The molecule has 7 heteroatoms. The van der Waals surface area contributed by atoms with Gasteiger partial charge >= 0.3 is 5.63 Å². The minimum absolute atomic E-state index is 0.0587. The van der Waals surface area contributed by atoms with E-state index in [4.69, 9.17) is 28.1 Å². The van der Waals surface area contributed by atoms with Crippen LogP contribution in [-0.4, -0.2) is 52.9 Å². The molecule has 7 nitrogen and oxygen atoms in total. The van der Waals surface area contributed by atoms with Crippen LogP contribution in [0.25, 0.3) is 11.0 Å². The summed E-state index contributed by atoms with van der Waals surface area (Å²) >= 11 is 0. The fourth-order valence-corrected chi connectivity index (χ4v) is 2.32. The van der Waals surface area contributed by atoms with E-state index in [2.05, 4.69) is 0 Å². The van der Waals surface area contributed by atoms with Gasteiger partial charge in [-0.05, 0) is 12.1 Å². The highest BCUT2D eigenvalue weighted by molar-refractivity contribution is 5.85. The average Bonchev–Trinajstić information content (AvgIpc) is 2.60. The molecule has 24 heavy (non-hydrogen) atoms. The third kappa shape index (κ3) is 4.25. The minimum Gasteiger partial charge on any atom is -0.486 e. The Morgan fingerprint density at radius 1 is 0.667 bits per heavy atom. The molecule has 2 heterocycles. The Balaban J connectivity index is 1.86. The first-order valence-electron chi connectivity index (χ1n) is 7.91. The van der Waals surface area contributed by atoms with E-state index >= 15 is 0 Å². The van der Waals surface area contributed by atoms with Gasteiger partial charge in [-0.25, -0.2) is 4.79 Å². The number of fused-ring (bicyclic) bond motifs is 3. The first-order valence-corrected chi connectivity index (χ1v) is 7.91. The van der Waals surface area contributed by atoms with E-state index in [1.807, 2.05) is 12.1 Å². The molecule has 130 valence electrons. The van der Waals surface area contributed by atoms with Gasteiger partial charge in [0, 0.05) is 0 Å². The molecule has 1 aliphatic heterocycles. The number of hydrogen-bond acceptors (Lipinski definition) is 7. The molecule has 1 aliphatic rings. The van der Waals surface area contributed by atoms with Gasteiger partial charge in [0.1, 0.15) is 18.8 Å². The minimum atomic E-state index is -0.572. The molecular weight excluding hydrogens is 316 g/mol. The van der Waals surface area contributed by atoms with Gasteiger partial charge in [0.2, 0.25) is 5.75 Å². The fraction of sp³-hybridized carbons (Fsp3) is 0.471. The van der Waals surface area contributed by atoms with Crippen LogP contribution in [-0.2, 0) is 14.2 Å². The number of ether oxygens (including phenoxy) is 5. The second-order valence-electron chi connectivity index (χ2n) is 5.08. The van der Waals surface area contributed by atoms with Crippen molar-refractivity contribution in [1.29, 1.82) is 0 Å². The van der Waals surface area contributed by atoms with Gasteiger partial charge in [-0.3, -0.25) is 0 Å². The Hall–Kier alpha value is -2.09. The number of para-hydroxylation sites is 1. The molecule has 0 aliphatic carbocycles. The Kier molecular flexibility index (Phi) is 6.06. The molecule has 2 aromatic rings. The standard InChI is InChI=1S/C17H20O7/c18-17-16-15(13-3-1-2-4-14(13)24-17)22-11-9-20-7-5-19-6-8-21-10-12-23-16/h1-4H,5-12H2. The summed E-state index contributed by atoms with van der Waals surface area (Å²) in [5.74, 6) is 0.431. The van der Waals surface area contributed by atoms with Crippen LogP contribution in [0.1, 0.15) is 0 Å². The first kappa shape index (κ1) is 16.8. The van der Waals surface area contributed by atoms with Crippen molar-refractivity contribution in [3.8, 4) is 11.5 Å². The zero-order valence-electron chi connectivity index (χ0n) is 13.3. The molecule has 0 radical (unpaired) electrons. The zero-order chi connectivity index (χ0) is 16.6. The van der Waals surface area contributed by atoms with Crippen LogP contribution in [0.5, 0.6) is 11.5 Å². The molecule has 3 rings (SSSR count). The van der Waals surface area contributed by atoms with E-state index in [0.717, 1.165) is 0 Å². The van der Waals surface area contributed by atoms with Crippen molar-refractivity contribution in [2.45, 2.75) is 0 Å². The van der Waals surface area contributed by atoms with Crippen LogP contribution in [0.15, 0.2) is 33.5 Å². The van der Waals surface area contributed by atoms with E-state index in [-0.39, 0.29) is 12.4 Å². The van der Waals surface area contributed by atoms with E-state index in [1.54, 1.807) is 12.1 Å². The molecule has 1 aromatic carbocycles. The zero-order valence-corrected chi connectivity index (χ0v) is 13.3. The average molecular weight is 336 g/mol. The monoisotopic (exact) mass is 336 g/mol. The van der Waals surface area contributed by atoms with Crippen molar-refractivity contribution in [2.24, 2.45) is 0 Å². The van der Waals surface area contributed by atoms with Gasteiger partial charge < -0.3 is 28.1 Å². The summed E-state index contributed by atoms with van der Waals surface area (Å²) in [4.78, 5) is 12.2. The van der Waals surface area contributed by atoms with Crippen LogP contribution < -0.4 is 15.1 Å². The molecule has 1 aromatic heterocycles. The van der Waals surface area contributed by atoms with Gasteiger partial charge in [0.05, 0.1) is 45.0 Å². The van der Waals surface area contributed by atoms with Crippen LogP contribution in [0.4, 0.5) is 0 Å². The maximum Gasteiger partial charge on any atom is 0.383 e. The number of rotatable bonds is 0. The predicted octanol–water partition coefficient (Wildman–Crippen LogP) is 1.61. The highest BCUT2D eigenvalue weighted by Gasteiger charge is 2.17. The summed E-state index contributed by atoms with van der Waals surface area (Å²) in [6.07, 6.45) is 0. The van der Waals surface area contributed by atoms with Crippen molar-refractivity contribution in [3.63, 3.8) is 0 Å². The molecule has 0 bridgehead atoms. The number of hydrogen-bond donors (Lipinski definition) is 0. The maximum absolute atomic E-state index is 12.2. The van der Waals surface area contributed by atoms with Gasteiger partial charge in [-0.15, -0.1) is 0 Å². The summed E-state index contributed by atoms with van der Waals surface area (Å²) in [6, 6.07) is 7.17. The number of benzene rings is 1. The molecule has 0 fully saturated rings. The van der Waals surface area contributed by atoms with Crippen LogP contribution in [0, 0.1) is 0 Å². The lowest BCUT2D eigenvalue weighted by Gasteiger charge is -2.13. The molecule has 0 N–H and O–H groups in total. The second kappa shape index (κ2) is 8.68. The summed E-state index contributed by atoms with van der Waals surface area (Å²) in [6.45, 7) is 3.16. The highest BCUT2D eigenvalue weighted by atomic mass is 16.6. The Morgan fingerprint density at radius 2 is 1.21 bits per heavy atom. The predicted molar refractivity (Wildman–Crippen MR) is 85.9 cm³/mol. The Morgan fingerprint density at radius 3 is 1.88 bits per heavy atom. The first-order chi connectivity index (χ1) is 11.9. The largest absolute Gasteiger partial charge is 0.486 e. The quantitative estimate of drug-likeness (QED) is 0.677. The molecular formula is C17H20O7. The second-order valence-corrected chi connectivity index (χ2v) is 5.08. The third-order valence-corrected chi connectivity index (χ3v) is 3.42. The van der Waals surface area contributed by atoms with E-state index in [9.17, 15) is 4.79 Å². The summed E-state index contributed by atoms with van der Waals surface area (Å²) in [5, 5.41) is 0.681. The Bertz CT molecular complexity index is 710. The molecule has 0 saturated carbocycles. The third-order valence-electron chi connectivity index (χ3n) is 3.42. The molecule has 0 atom stereocenters. The van der Waals surface area contributed by atoms with Gasteiger partial charge in [-0.1, -0.05) is 12.1 Å². The summed E-state index contributed by atoms with van der Waals surface area (Å²) < 4.78 is 32.8. The van der Waals surface area contributed by atoms with Crippen LogP contribution in [0.3, 0.4) is 0 Å². The van der Waals surface area contributed by atoms with Crippen LogP contribution >= 0.6 is 0 Å². The summed E-state index contributed by atoms with van der Waals surface area (Å²) in [5.41, 5.74) is -0.120. The fourth-order valence-electron chi connectivity index (χ4n) is 2.32. The SMILES string of the molecule is O=c1oc2ccccc2c2c1OCCOCCOCCOCCO2. The van der Waals surface area contributed by atoms with Crippen molar-refractivity contribution in [3.05, 3.63) is 34.7 Å². The van der Waals surface area contributed by atoms with Crippen molar-refractivity contribution < 1.29 is 28.1 Å². The lowest BCUT2D eigenvalue weighted by atomic mass is 10.2. The van der Waals surface area contributed by atoms with Gasteiger partial charge in [0.15, 0.2) is 5.75 Å². The van der Waals surface area contributed by atoms with E-state index < -0.39 is 5.63 Å². The smallest absolute Gasteiger partial charge is 0.383 e. The van der Waals surface area contributed by atoms with Crippen LogP contribution in [0.2, 0.25) is 0 Å². The maximum atomic E-state index is 12.2. The van der Waals surface area contributed by atoms with Crippen molar-refractivity contribution in [1.82, 2.24) is 0 Å². The summed E-state index contributed by atoms with van der Waals surface area (Å²) in [7, 11) is 0. The van der Waals surface area contributed by atoms with Crippen molar-refractivity contribution in [2.75, 3.05) is 52.9 Å². The molecule has 0 saturated heterocycles. The van der Waals surface area contributed by atoms with Gasteiger partial charge in [0.25, 0.3) is 0 Å². The highest BCUT2D eigenvalue weighted by Crippen LogP contribution is 2.32. The van der Waals surface area contributed by atoms with E-state index in [1.165, 1.54) is 0 Å². The van der Waals surface area contributed by atoms with Gasteiger partial charge in [-0.2, -0.15) is 0 Å². The topological polar surface area (TPSA) is 76.4 Å². The van der Waals surface area contributed by atoms with E-state index in [0.29, 0.717) is 63.0 Å². The van der Waals surface area contributed by atoms with Crippen molar-refractivity contribution >= 4 is 11.0 Å². The lowest BCUT2D eigenvalue weighted by molar-refractivity contribution is 0.00706. The Labute approximate surface area is 139 Å². The lowest BCUT2D eigenvalue weighted by Crippen LogP contribution is -2.16. The molecule has 0 unspecified atom stereocenters. The molecule has 0 spiro atoms. The normalized spacial score (nSPS) is 17.8.